The molecule has 2 rings (SSSR count). The summed E-state index contributed by atoms with van der Waals surface area (Å²) in [5, 5.41) is 5.81. The molecule has 1 aromatic rings. The number of nitrogens with one attached hydrogen (secondary N) is 2. The Labute approximate surface area is 127 Å². The van der Waals surface area contributed by atoms with E-state index >= 15 is 0 Å². The number of amides is 2. The van der Waals surface area contributed by atoms with Crippen molar-refractivity contribution < 1.29 is 9.53 Å². The van der Waals surface area contributed by atoms with E-state index < -0.39 is 0 Å². The molecule has 4 heteroatoms. The Morgan fingerprint density at radius 2 is 1.76 bits per heavy atom. The van der Waals surface area contributed by atoms with E-state index in [-0.39, 0.29) is 12.3 Å². The van der Waals surface area contributed by atoms with Crippen LogP contribution >= 0.6 is 0 Å². The number of rotatable bonds is 5. The molecule has 2 N–H and O–H groups in total. The fraction of sp³-hybridized carbons (Fsp3) is 0.588. The molecule has 116 valence electrons. The molecule has 0 heterocycles. The summed E-state index contributed by atoms with van der Waals surface area (Å²) in [6.07, 6.45) is 4.23. The highest BCUT2D eigenvalue weighted by molar-refractivity contribution is 5.74. The van der Waals surface area contributed by atoms with Gasteiger partial charge in [0, 0.05) is 6.04 Å². The molecule has 1 aromatic carbocycles. The standard InChI is InChI=1S/C17H26N2O2/c1-12(2)14-8-10-16(11-9-14)21-13(3)18-17(20)19-15-6-4-5-7-15/h8-13,15H,4-7H2,1-3H3,(H2,18,19,20). The zero-order valence-corrected chi connectivity index (χ0v) is 13.2. The van der Waals surface area contributed by atoms with Crippen molar-refractivity contribution in [3.63, 3.8) is 0 Å². The summed E-state index contributed by atoms with van der Waals surface area (Å²) in [7, 11) is 0. The third-order valence-corrected chi connectivity index (χ3v) is 3.88. The quantitative estimate of drug-likeness (QED) is 0.811. The minimum absolute atomic E-state index is 0.145. The van der Waals surface area contributed by atoms with E-state index in [9.17, 15) is 4.79 Å². The van der Waals surface area contributed by atoms with E-state index in [1.165, 1.54) is 18.4 Å². The van der Waals surface area contributed by atoms with Crippen molar-refractivity contribution in [1.29, 1.82) is 0 Å². The van der Waals surface area contributed by atoms with Crippen LogP contribution in [0.25, 0.3) is 0 Å². The van der Waals surface area contributed by atoms with Gasteiger partial charge in [0.2, 0.25) is 0 Å². The summed E-state index contributed by atoms with van der Waals surface area (Å²) in [6.45, 7) is 6.16. The van der Waals surface area contributed by atoms with E-state index in [2.05, 4.69) is 36.6 Å². The third kappa shape index (κ3) is 4.96. The topological polar surface area (TPSA) is 50.4 Å². The van der Waals surface area contributed by atoms with Crippen LogP contribution in [0.5, 0.6) is 5.75 Å². The normalized spacial score (nSPS) is 16.8. The zero-order chi connectivity index (χ0) is 15.2. The van der Waals surface area contributed by atoms with Crippen molar-refractivity contribution in [2.24, 2.45) is 0 Å². The maximum absolute atomic E-state index is 11.8. The number of urea groups is 1. The molecule has 0 spiro atoms. The van der Waals surface area contributed by atoms with Gasteiger partial charge in [0.1, 0.15) is 5.75 Å². The molecule has 1 aliphatic carbocycles. The van der Waals surface area contributed by atoms with Crippen molar-refractivity contribution in [3.05, 3.63) is 29.8 Å². The van der Waals surface area contributed by atoms with Gasteiger partial charge in [-0.1, -0.05) is 38.8 Å². The highest BCUT2D eigenvalue weighted by Crippen LogP contribution is 2.19. The maximum Gasteiger partial charge on any atom is 0.317 e. The molecular formula is C17H26N2O2. The first-order valence-electron chi connectivity index (χ1n) is 7.88. The summed E-state index contributed by atoms with van der Waals surface area (Å²) in [6, 6.07) is 8.19. The summed E-state index contributed by atoms with van der Waals surface area (Å²) >= 11 is 0. The zero-order valence-electron chi connectivity index (χ0n) is 13.2. The van der Waals surface area contributed by atoms with Crippen LogP contribution < -0.4 is 15.4 Å². The average molecular weight is 290 g/mol. The van der Waals surface area contributed by atoms with Crippen molar-refractivity contribution in [1.82, 2.24) is 10.6 Å². The predicted molar refractivity (Wildman–Crippen MR) is 84.5 cm³/mol. The third-order valence-electron chi connectivity index (χ3n) is 3.88. The van der Waals surface area contributed by atoms with Gasteiger partial charge in [0.15, 0.2) is 6.23 Å². The molecule has 1 aliphatic rings. The van der Waals surface area contributed by atoms with Crippen LogP contribution in [-0.2, 0) is 0 Å². The van der Waals surface area contributed by atoms with Gasteiger partial charge in [-0.3, -0.25) is 0 Å². The lowest BCUT2D eigenvalue weighted by Crippen LogP contribution is -2.46. The maximum atomic E-state index is 11.8. The van der Waals surface area contributed by atoms with Crippen molar-refractivity contribution >= 4 is 6.03 Å². The fourth-order valence-corrected chi connectivity index (χ4v) is 2.65. The summed E-state index contributed by atoms with van der Waals surface area (Å²) in [5.74, 6) is 1.28. The molecule has 1 unspecified atom stereocenters. The van der Waals surface area contributed by atoms with Crippen molar-refractivity contribution in [2.75, 3.05) is 0 Å². The number of carbonyl (C=O) groups excluding carboxylic acids is 1. The summed E-state index contributed by atoms with van der Waals surface area (Å²) < 4.78 is 5.71. The largest absolute Gasteiger partial charge is 0.471 e. The lowest BCUT2D eigenvalue weighted by atomic mass is 10.0. The number of hydrogen-bond acceptors (Lipinski definition) is 2. The summed E-state index contributed by atoms with van der Waals surface area (Å²) in [4.78, 5) is 11.8. The molecular weight excluding hydrogens is 264 g/mol. The number of carbonyl (C=O) groups is 1. The van der Waals surface area contributed by atoms with Crippen LogP contribution in [0.1, 0.15) is 57.9 Å². The van der Waals surface area contributed by atoms with Crippen molar-refractivity contribution in [2.45, 2.75) is 64.6 Å². The van der Waals surface area contributed by atoms with Gasteiger partial charge in [0.25, 0.3) is 0 Å². The van der Waals surface area contributed by atoms with Crippen LogP contribution in [0.15, 0.2) is 24.3 Å². The molecule has 1 atom stereocenters. The number of hydrogen-bond donors (Lipinski definition) is 2. The minimum atomic E-state index is -0.351. The van der Waals surface area contributed by atoms with Gasteiger partial charge in [-0.15, -0.1) is 0 Å². The molecule has 0 radical (unpaired) electrons. The van der Waals surface area contributed by atoms with Gasteiger partial charge in [-0.05, 0) is 43.4 Å². The first-order chi connectivity index (χ1) is 10.0. The van der Waals surface area contributed by atoms with E-state index in [1.54, 1.807) is 0 Å². The van der Waals surface area contributed by atoms with Gasteiger partial charge < -0.3 is 15.4 Å². The van der Waals surface area contributed by atoms with Crippen molar-refractivity contribution in [3.8, 4) is 5.75 Å². The van der Waals surface area contributed by atoms with Crippen LogP contribution in [0.3, 0.4) is 0 Å². The van der Waals surface area contributed by atoms with E-state index in [4.69, 9.17) is 4.74 Å². The Balaban J connectivity index is 1.77. The Morgan fingerprint density at radius 3 is 2.33 bits per heavy atom. The summed E-state index contributed by atoms with van der Waals surface area (Å²) in [5.41, 5.74) is 1.28. The monoisotopic (exact) mass is 290 g/mol. The van der Waals surface area contributed by atoms with E-state index in [0.717, 1.165) is 18.6 Å². The number of ether oxygens (including phenoxy) is 1. The van der Waals surface area contributed by atoms with Crippen LogP contribution in [0.2, 0.25) is 0 Å². The average Bonchev–Trinajstić information content (AvgIpc) is 2.91. The molecule has 0 aliphatic heterocycles. The van der Waals surface area contributed by atoms with E-state index in [0.29, 0.717) is 12.0 Å². The second-order valence-electron chi connectivity index (χ2n) is 6.08. The Morgan fingerprint density at radius 1 is 1.14 bits per heavy atom. The molecule has 0 bridgehead atoms. The molecule has 21 heavy (non-hydrogen) atoms. The lowest BCUT2D eigenvalue weighted by Gasteiger charge is -2.19. The SMILES string of the molecule is CC(NC(=O)NC1CCCC1)Oc1ccc(C(C)C)cc1. The molecule has 1 saturated carbocycles. The van der Waals surface area contributed by atoms with Crippen LogP contribution in [-0.4, -0.2) is 18.3 Å². The molecule has 0 aromatic heterocycles. The van der Waals surface area contributed by atoms with E-state index in [1.807, 2.05) is 19.1 Å². The molecule has 4 nitrogen and oxygen atoms in total. The first kappa shape index (κ1) is 15.7. The molecule has 0 saturated heterocycles. The first-order valence-corrected chi connectivity index (χ1v) is 7.88. The second-order valence-corrected chi connectivity index (χ2v) is 6.08. The van der Waals surface area contributed by atoms with Gasteiger partial charge in [0.05, 0.1) is 0 Å². The Hall–Kier alpha value is -1.71. The molecule has 1 fully saturated rings. The van der Waals surface area contributed by atoms with Gasteiger partial charge in [-0.25, -0.2) is 4.79 Å². The minimum Gasteiger partial charge on any atom is -0.471 e. The van der Waals surface area contributed by atoms with Gasteiger partial charge >= 0.3 is 6.03 Å². The second kappa shape index (κ2) is 7.34. The smallest absolute Gasteiger partial charge is 0.317 e. The number of benzene rings is 1. The Kier molecular flexibility index (Phi) is 5.48. The van der Waals surface area contributed by atoms with Crippen LogP contribution in [0, 0.1) is 0 Å². The lowest BCUT2D eigenvalue weighted by molar-refractivity contribution is 0.175. The highest BCUT2D eigenvalue weighted by atomic mass is 16.5. The molecule has 2 amide bonds. The highest BCUT2D eigenvalue weighted by Gasteiger charge is 2.18. The van der Waals surface area contributed by atoms with Gasteiger partial charge in [-0.2, -0.15) is 0 Å². The Bertz CT molecular complexity index is 450. The van der Waals surface area contributed by atoms with Crippen LogP contribution in [0.4, 0.5) is 4.79 Å². The fourth-order valence-electron chi connectivity index (χ4n) is 2.65. The predicted octanol–water partition coefficient (Wildman–Crippen LogP) is 3.78.